The molecule has 1 aromatic heterocycles. The maximum atomic E-state index is 10.6. The van der Waals surface area contributed by atoms with E-state index in [0.29, 0.717) is 5.82 Å². The molecule has 1 unspecified atom stereocenters. The van der Waals surface area contributed by atoms with Crippen LogP contribution in [0.3, 0.4) is 0 Å². The summed E-state index contributed by atoms with van der Waals surface area (Å²) in [4.78, 5) is 14.0. The molecule has 0 fully saturated rings. The summed E-state index contributed by atoms with van der Waals surface area (Å²) in [6, 6.07) is 0. The Balaban J connectivity index is 2.92. The van der Waals surface area contributed by atoms with Gasteiger partial charge in [0.15, 0.2) is 5.82 Å². The predicted molar refractivity (Wildman–Crippen MR) is 60.5 cm³/mol. The number of aliphatic hydroxyl groups is 1. The van der Waals surface area contributed by atoms with Crippen LogP contribution in [0.2, 0.25) is 5.72 Å². The molecule has 0 saturated heterocycles. The highest BCUT2D eigenvalue weighted by Gasteiger charge is 2.21. The fraction of sp³-hybridized carbons (Fsp3) is 0.571. The van der Waals surface area contributed by atoms with Gasteiger partial charge < -0.3 is 15.2 Å². The lowest BCUT2D eigenvalue weighted by atomic mass is 9.67. The van der Waals surface area contributed by atoms with Crippen molar-refractivity contribution in [2.75, 3.05) is 0 Å². The van der Waals surface area contributed by atoms with Crippen LogP contribution in [0, 0.1) is 17.0 Å². The molecule has 6 nitrogen and oxygen atoms in total. The lowest BCUT2D eigenvalue weighted by Gasteiger charge is -2.13. The summed E-state index contributed by atoms with van der Waals surface area (Å²) in [5, 5.41) is 20.3. The molecule has 0 aliphatic heterocycles. The quantitative estimate of drug-likeness (QED) is 0.370. The Labute approximate surface area is 89.3 Å². The maximum Gasteiger partial charge on any atom is 0.342 e. The Morgan fingerprint density at radius 1 is 1.73 bits per heavy atom. The molecule has 1 N–H and O–H groups in total. The highest BCUT2D eigenvalue weighted by atomic mass is 16.6. The molecule has 0 saturated carbocycles. The first-order chi connectivity index (χ1) is 6.93. The van der Waals surface area contributed by atoms with Gasteiger partial charge in [-0.3, -0.25) is 0 Å². The van der Waals surface area contributed by atoms with Crippen molar-refractivity contribution in [3.05, 3.63) is 22.1 Å². The summed E-state index contributed by atoms with van der Waals surface area (Å²) in [7, 11) is 3.73. The van der Waals surface area contributed by atoms with Crippen molar-refractivity contribution in [3.63, 3.8) is 0 Å². The molecule has 1 rings (SSSR count). The van der Waals surface area contributed by atoms with Crippen molar-refractivity contribution in [1.29, 1.82) is 0 Å². The third kappa shape index (κ3) is 2.59. The first-order valence-electron chi connectivity index (χ1n) is 4.78. The third-order valence-electron chi connectivity index (χ3n) is 2.36. The second-order valence-electron chi connectivity index (χ2n) is 3.84. The van der Waals surface area contributed by atoms with Crippen LogP contribution in [0.1, 0.15) is 5.82 Å². The van der Waals surface area contributed by atoms with Gasteiger partial charge in [-0.1, -0.05) is 5.72 Å². The standard InChI is InChI=1S/C7H13B2N3O3/c1-4-10-2-6(12(14)15)11(4)3-5(13)7(8)9/h2,5,7,13H,3,8-9H2,1H3. The van der Waals surface area contributed by atoms with Gasteiger partial charge in [-0.05, 0) is 4.92 Å². The Morgan fingerprint density at radius 3 is 2.80 bits per heavy atom. The number of aromatic nitrogens is 2. The molecule has 80 valence electrons. The van der Waals surface area contributed by atoms with Gasteiger partial charge in [0.2, 0.25) is 0 Å². The number of nitro groups is 1. The molecule has 0 bridgehead atoms. The fourth-order valence-electron chi connectivity index (χ4n) is 1.23. The second-order valence-corrected chi connectivity index (χ2v) is 3.84. The molecule has 0 spiro atoms. The summed E-state index contributed by atoms with van der Waals surface area (Å²) in [6.45, 7) is 1.89. The molecule has 1 aromatic rings. The smallest absolute Gasteiger partial charge is 0.342 e. The molecule has 0 aliphatic carbocycles. The fourth-order valence-corrected chi connectivity index (χ4v) is 1.23. The molecule has 15 heavy (non-hydrogen) atoms. The Morgan fingerprint density at radius 2 is 2.33 bits per heavy atom. The Hall–Kier alpha value is -1.30. The second kappa shape index (κ2) is 4.48. The van der Waals surface area contributed by atoms with E-state index in [2.05, 4.69) is 4.98 Å². The van der Waals surface area contributed by atoms with Crippen molar-refractivity contribution in [3.8, 4) is 0 Å². The van der Waals surface area contributed by atoms with Gasteiger partial charge in [0.1, 0.15) is 12.7 Å². The molecular weight excluding hydrogens is 196 g/mol. The SMILES string of the molecule is BC(B)C(O)Cn1c([N+](=O)[O-])cnc1C. The van der Waals surface area contributed by atoms with E-state index in [1.807, 2.05) is 15.7 Å². The monoisotopic (exact) mass is 209 g/mol. The van der Waals surface area contributed by atoms with E-state index in [1.165, 1.54) is 10.8 Å². The molecule has 1 atom stereocenters. The van der Waals surface area contributed by atoms with Crippen molar-refractivity contribution in [2.45, 2.75) is 25.3 Å². The van der Waals surface area contributed by atoms with E-state index in [4.69, 9.17) is 0 Å². The average Bonchev–Trinajstić information content (AvgIpc) is 2.48. The van der Waals surface area contributed by atoms with E-state index in [0.717, 1.165) is 0 Å². The molecule has 8 heteroatoms. The number of imidazole rings is 1. The van der Waals surface area contributed by atoms with Crippen LogP contribution in [0.4, 0.5) is 5.82 Å². The molecule has 0 aliphatic rings. The van der Waals surface area contributed by atoms with Crippen molar-refractivity contribution in [2.24, 2.45) is 0 Å². The van der Waals surface area contributed by atoms with Crippen LogP contribution >= 0.6 is 0 Å². The number of aryl methyl sites for hydroxylation is 1. The first kappa shape index (κ1) is 11.8. The first-order valence-corrected chi connectivity index (χ1v) is 4.78. The van der Waals surface area contributed by atoms with Gasteiger partial charge in [0, 0.05) is 6.92 Å². The van der Waals surface area contributed by atoms with Crippen LogP contribution in [0.5, 0.6) is 0 Å². The molecule has 0 aromatic carbocycles. The van der Waals surface area contributed by atoms with Crippen molar-refractivity contribution >= 4 is 21.5 Å². The zero-order valence-corrected chi connectivity index (χ0v) is 9.04. The van der Waals surface area contributed by atoms with E-state index >= 15 is 0 Å². The Kier molecular flexibility index (Phi) is 3.52. The largest absolute Gasteiger partial charge is 0.390 e. The van der Waals surface area contributed by atoms with Crippen molar-refractivity contribution < 1.29 is 10.0 Å². The molecule has 0 radical (unpaired) electrons. The van der Waals surface area contributed by atoms with Crippen LogP contribution in [-0.2, 0) is 6.54 Å². The van der Waals surface area contributed by atoms with E-state index in [-0.39, 0.29) is 18.1 Å². The minimum Gasteiger partial charge on any atom is -0.390 e. The minimum absolute atomic E-state index is 0.0615. The lowest BCUT2D eigenvalue weighted by molar-refractivity contribution is -0.392. The zero-order valence-electron chi connectivity index (χ0n) is 9.04. The van der Waals surface area contributed by atoms with E-state index in [1.54, 1.807) is 6.92 Å². The minimum atomic E-state index is -0.600. The van der Waals surface area contributed by atoms with Gasteiger partial charge in [-0.15, -0.1) is 0 Å². The number of hydrogen-bond acceptors (Lipinski definition) is 4. The normalized spacial score (nSPS) is 13.0. The van der Waals surface area contributed by atoms with Crippen LogP contribution in [0.15, 0.2) is 6.20 Å². The van der Waals surface area contributed by atoms with Crippen LogP contribution in [-0.4, -0.2) is 41.4 Å². The summed E-state index contributed by atoms with van der Waals surface area (Å²) < 4.78 is 1.42. The average molecular weight is 209 g/mol. The molecule has 1 heterocycles. The highest BCUT2D eigenvalue weighted by molar-refractivity contribution is 6.35. The van der Waals surface area contributed by atoms with Crippen LogP contribution < -0.4 is 0 Å². The van der Waals surface area contributed by atoms with Crippen LogP contribution in [0.25, 0.3) is 0 Å². The van der Waals surface area contributed by atoms with Gasteiger partial charge in [-0.25, -0.2) is 9.55 Å². The zero-order chi connectivity index (χ0) is 11.6. The van der Waals surface area contributed by atoms with Gasteiger partial charge in [-0.2, -0.15) is 0 Å². The predicted octanol–water partition coefficient (Wildman–Crippen LogP) is -1.53. The highest BCUT2D eigenvalue weighted by Crippen LogP contribution is 2.16. The maximum absolute atomic E-state index is 10.6. The van der Waals surface area contributed by atoms with Crippen molar-refractivity contribution in [1.82, 2.24) is 9.55 Å². The third-order valence-corrected chi connectivity index (χ3v) is 2.36. The number of aliphatic hydroxyl groups excluding tert-OH is 1. The summed E-state index contributed by atoms with van der Waals surface area (Å²) in [5.41, 5.74) is 0.0615. The Bertz CT molecular complexity index is 366. The molecular formula is C7H13B2N3O3. The van der Waals surface area contributed by atoms with Gasteiger partial charge >= 0.3 is 5.82 Å². The number of rotatable bonds is 4. The lowest BCUT2D eigenvalue weighted by Crippen LogP contribution is -2.23. The molecule has 0 amide bonds. The number of nitrogens with zero attached hydrogens (tertiary/aromatic N) is 3. The van der Waals surface area contributed by atoms with Gasteiger partial charge in [0.25, 0.3) is 0 Å². The van der Waals surface area contributed by atoms with Gasteiger partial charge in [0.05, 0.1) is 21.8 Å². The van der Waals surface area contributed by atoms with E-state index < -0.39 is 11.0 Å². The van der Waals surface area contributed by atoms with E-state index in [9.17, 15) is 15.2 Å². The summed E-state index contributed by atoms with van der Waals surface area (Å²) in [5.74, 6) is 0.466. The topological polar surface area (TPSA) is 81.2 Å². The summed E-state index contributed by atoms with van der Waals surface area (Å²) >= 11 is 0. The number of hydrogen-bond donors (Lipinski definition) is 1. The summed E-state index contributed by atoms with van der Waals surface area (Å²) in [6.07, 6.45) is 0.610.